The molecule has 1 amide bonds. The molecule has 2 saturated heterocycles. The summed E-state index contributed by atoms with van der Waals surface area (Å²) in [5.41, 5.74) is 0. The fraction of sp³-hybridized carbons (Fsp3) is 0.938. The normalized spacial score (nSPS) is 28.7. The van der Waals surface area contributed by atoms with Gasteiger partial charge in [-0.05, 0) is 31.6 Å². The van der Waals surface area contributed by atoms with Crippen molar-refractivity contribution in [2.24, 2.45) is 5.92 Å². The van der Waals surface area contributed by atoms with Crippen molar-refractivity contribution in [1.29, 1.82) is 0 Å². The number of nitrogens with one attached hydrogen (secondary N) is 1. The van der Waals surface area contributed by atoms with Crippen molar-refractivity contribution in [3.05, 3.63) is 0 Å². The van der Waals surface area contributed by atoms with Gasteiger partial charge in [0.15, 0.2) is 0 Å². The minimum atomic E-state index is -0.152. The Hall–Kier alpha value is -0.690. The quantitative estimate of drug-likeness (QED) is 0.674. The third kappa shape index (κ3) is 4.91. The fourth-order valence-corrected chi connectivity index (χ4v) is 3.32. The molecule has 2 heterocycles. The first kappa shape index (κ1) is 16.2. The van der Waals surface area contributed by atoms with Gasteiger partial charge in [0.25, 0.3) is 0 Å². The van der Waals surface area contributed by atoms with Crippen LogP contribution in [0.2, 0.25) is 0 Å². The van der Waals surface area contributed by atoms with Crippen LogP contribution in [0.4, 0.5) is 0 Å². The molecule has 0 aromatic rings. The molecular weight excluding hydrogens is 282 g/mol. The second-order valence-corrected chi connectivity index (χ2v) is 6.92. The molecule has 0 bridgehead atoms. The van der Waals surface area contributed by atoms with E-state index in [0.717, 1.165) is 52.2 Å². The van der Waals surface area contributed by atoms with Crippen molar-refractivity contribution in [2.45, 2.75) is 37.9 Å². The zero-order chi connectivity index (χ0) is 15.4. The van der Waals surface area contributed by atoms with Gasteiger partial charge in [-0.25, -0.2) is 0 Å². The van der Waals surface area contributed by atoms with E-state index in [2.05, 4.69) is 15.1 Å². The number of carbonyl (C=O) groups is 1. The minimum absolute atomic E-state index is 0.0990. The summed E-state index contributed by atoms with van der Waals surface area (Å²) in [5.74, 6) is 0.642. The average Bonchev–Trinajstić information content (AvgIpc) is 3.24. The largest absolute Gasteiger partial charge is 0.392 e. The molecule has 22 heavy (non-hydrogen) atoms. The van der Waals surface area contributed by atoms with E-state index < -0.39 is 0 Å². The summed E-state index contributed by atoms with van der Waals surface area (Å²) < 4.78 is 5.51. The predicted octanol–water partition coefficient (Wildman–Crippen LogP) is -0.330. The minimum Gasteiger partial charge on any atom is -0.392 e. The van der Waals surface area contributed by atoms with Crippen molar-refractivity contribution in [2.75, 3.05) is 52.4 Å². The SMILES string of the molecule is O=C(CN1CCN(CC(O)C2CC2)CC1)NCC1CCCO1. The topological polar surface area (TPSA) is 65.0 Å². The highest BCUT2D eigenvalue weighted by molar-refractivity contribution is 5.78. The molecule has 3 fully saturated rings. The molecule has 2 unspecified atom stereocenters. The third-order valence-corrected chi connectivity index (χ3v) is 4.99. The number of β-amino-alcohol motifs (C(OH)–C–C–N with tert-alkyl or cyclic N) is 1. The Bertz CT molecular complexity index is 362. The summed E-state index contributed by atoms with van der Waals surface area (Å²) in [7, 11) is 0. The number of amides is 1. The highest BCUT2D eigenvalue weighted by Crippen LogP contribution is 2.32. The van der Waals surface area contributed by atoms with Crippen molar-refractivity contribution in [3.8, 4) is 0 Å². The van der Waals surface area contributed by atoms with Crippen LogP contribution in [0.15, 0.2) is 0 Å². The van der Waals surface area contributed by atoms with Gasteiger partial charge in [-0.15, -0.1) is 0 Å². The predicted molar refractivity (Wildman–Crippen MR) is 83.6 cm³/mol. The van der Waals surface area contributed by atoms with E-state index >= 15 is 0 Å². The Morgan fingerprint density at radius 3 is 2.55 bits per heavy atom. The lowest BCUT2D eigenvalue weighted by Crippen LogP contribution is -2.51. The standard InChI is InChI=1S/C16H29N3O3/c20-15(13-3-4-13)11-18-5-7-19(8-6-18)12-16(21)17-10-14-2-1-9-22-14/h13-15,20H,1-12H2,(H,17,21). The van der Waals surface area contributed by atoms with Gasteiger partial charge >= 0.3 is 0 Å². The van der Waals surface area contributed by atoms with Gasteiger partial charge in [0, 0.05) is 45.9 Å². The summed E-state index contributed by atoms with van der Waals surface area (Å²) in [6, 6.07) is 0. The molecule has 6 nitrogen and oxygen atoms in total. The maximum Gasteiger partial charge on any atom is 0.234 e. The van der Waals surface area contributed by atoms with Crippen molar-refractivity contribution >= 4 is 5.91 Å². The zero-order valence-electron chi connectivity index (χ0n) is 13.4. The lowest BCUT2D eigenvalue weighted by Gasteiger charge is -2.35. The van der Waals surface area contributed by atoms with Crippen LogP contribution in [0.1, 0.15) is 25.7 Å². The highest BCUT2D eigenvalue weighted by atomic mass is 16.5. The van der Waals surface area contributed by atoms with Crippen molar-refractivity contribution in [3.63, 3.8) is 0 Å². The van der Waals surface area contributed by atoms with Crippen molar-refractivity contribution in [1.82, 2.24) is 15.1 Å². The number of hydrogen-bond acceptors (Lipinski definition) is 5. The molecule has 3 rings (SSSR count). The number of carbonyl (C=O) groups excluding carboxylic acids is 1. The summed E-state index contributed by atoms with van der Waals surface area (Å²) in [6.45, 7) is 6.46. The van der Waals surface area contributed by atoms with Gasteiger partial charge in [0.05, 0.1) is 18.8 Å². The molecule has 0 aromatic carbocycles. The van der Waals surface area contributed by atoms with E-state index in [0.29, 0.717) is 19.0 Å². The highest BCUT2D eigenvalue weighted by Gasteiger charge is 2.31. The number of rotatable bonds is 7. The van der Waals surface area contributed by atoms with E-state index in [1.54, 1.807) is 0 Å². The van der Waals surface area contributed by atoms with Crippen LogP contribution in [-0.2, 0) is 9.53 Å². The van der Waals surface area contributed by atoms with Crippen LogP contribution < -0.4 is 5.32 Å². The van der Waals surface area contributed by atoms with E-state index in [-0.39, 0.29) is 18.1 Å². The molecule has 0 spiro atoms. The first-order valence-electron chi connectivity index (χ1n) is 8.72. The van der Waals surface area contributed by atoms with Gasteiger partial charge in [-0.3, -0.25) is 14.6 Å². The molecule has 126 valence electrons. The number of nitrogens with zero attached hydrogens (tertiary/aromatic N) is 2. The zero-order valence-corrected chi connectivity index (χ0v) is 13.4. The maximum absolute atomic E-state index is 12.0. The van der Waals surface area contributed by atoms with Crippen LogP contribution >= 0.6 is 0 Å². The van der Waals surface area contributed by atoms with E-state index in [1.807, 2.05) is 0 Å². The maximum atomic E-state index is 12.0. The lowest BCUT2D eigenvalue weighted by molar-refractivity contribution is -0.123. The van der Waals surface area contributed by atoms with Gasteiger partial charge in [-0.1, -0.05) is 0 Å². The number of aliphatic hydroxyl groups excluding tert-OH is 1. The Balaban J connectivity index is 1.28. The summed E-state index contributed by atoms with van der Waals surface area (Å²) in [5, 5.41) is 13.0. The summed E-state index contributed by atoms with van der Waals surface area (Å²) >= 11 is 0. The molecule has 6 heteroatoms. The van der Waals surface area contributed by atoms with Crippen LogP contribution in [0.25, 0.3) is 0 Å². The first-order valence-corrected chi connectivity index (χ1v) is 8.72. The third-order valence-electron chi connectivity index (χ3n) is 4.99. The Morgan fingerprint density at radius 2 is 1.91 bits per heavy atom. The monoisotopic (exact) mass is 311 g/mol. The van der Waals surface area contributed by atoms with Crippen LogP contribution in [0, 0.1) is 5.92 Å². The Kier molecular flexibility index (Phi) is 5.68. The molecule has 1 aliphatic carbocycles. The van der Waals surface area contributed by atoms with E-state index in [4.69, 9.17) is 4.74 Å². The van der Waals surface area contributed by atoms with Gasteiger partial charge in [0.2, 0.25) is 5.91 Å². The Labute approximate surface area is 132 Å². The summed E-state index contributed by atoms with van der Waals surface area (Å²) in [6.07, 6.45) is 4.60. The first-order chi connectivity index (χ1) is 10.7. The van der Waals surface area contributed by atoms with Crippen LogP contribution in [-0.4, -0.2) is 85.4 Å². The summed E-state index contributed by atoms with van der Waals surface area (Å²) in [4.78, 5) is 16.5. The van der Waals surface area contributed by atoms with E-state index in [9.17, 15) is 9.90 Å². The fourth-order valence-electron chi connectivity index (χ4n) is 3.32. The lowest BCUT2D eigenvalue weighted by atomic mass is 10.2. The van der Waals surface area contributed by atoms with Crippen molar-refractivity contribution < 1.29 is 14.6 Å². The van der Waals surface area contributed by atoms with Gasteiger partial charge in [0.1, 0.15) is 0 Å². The average molecular weight is 311 g/mol. The Morgan fingerprint density at radius 1 is 1.18 bits per heavy atom. The van der Waals surface area contributed by atoms with Gasteiger partial charge in [-0.2, -0.15) is 0 Å². The number of hydrogen-bond donors (Lipinski definition) is 2. The number of piperazine rings is 1. The number of ether oxygens (including phenoxy) is 1. The van der Waals surface area contributed by atoms with Crippen LogP contribution in [0.5, 0.6) is 0 Å². The molecule has 3 aliphatic rings. The molecule has 2 aliphatic heterocycles. The van der Waals surface area contributed by atoms with E-state index in [1.165, 1.54) is 12.8 Å². The van der Waals surface area contributed by atoms with Crippen LogP contribution in [0.3, 0.4) is 0 Å². The second kappa shape index (κ2) is 7.73. The second-order valence-electron chi connectivity index (χ2n) is 6.92. The number of aliphatic hydroxyl groups is 1. The molecule has 0 aromatic heterocycles. The smallest absolute Gasteiger partial charge is 0.234 e. The van der Waals surface area contributed by atoms with Gasteiger partial charge < -0.3 is 15.2 Å². The molecule has 1 saturated carbocycles. The molecule has 2 atom stereocenters. The molecule has 2 N–H and O–H groups in total. The molecule has 0 radical (unpaired) electrons. The molecular formula is C16H29N3O3.